The molecule has 2 rings (SSSR count). The van der Waals surface area contributed by atoms with Gasteiger partial charge in [-0.25, -0.2) is 9.59 Å². The summed E-state index contributed by atoms with van der Waals surface area (Å²) in [6, 6.07) is 10.9. The molecular formula is C20H22N4O4. The minimum absolute atomic E-state index is 0.0730. The summed E-state index contributed by atoms with van der Waals surface area (Å²) in [6.07, 6.45) is 0.158. The third-order valence-electron chi connectivity index (χ3n) is 4.32. The van der Waals surface area contributed by atoms with E-state index in [0.29, 0.717) is 11.3 Å². The Morgan fingerprint density at radius 3 is 2.54 bits per heavy atom. The lowest BCUT2D eigenvalue weighted by atomic mass is 10.1. The number of carboxylic acid groups (broad SMARTS) is 1. The first-order valence-corrected chi connectivity index (χ1v) is 8.75. The third kappa shape index (κ3) is 5.20. The second-order valence-corrected chi connectivity index (χ2v) is 6.39. The maximum absolute atomic E-state index is 12.3. The van der Waals surface area contributed by atoms with Gasteiger partial charge in [0.25, 0.3) is 5.56 Å². The Balaban J connectivity index is 1.96. The zero-order valence-electron chi connectivity index (χ0n) is 15.7. The number of aliphatic carboxylic acids is 1. The van der Waals surface area contributed by atoms with Crippen molar-refractivity contribution < 1.29 is 14.7 Å². The average Bonchev–Trinajstić information content (AvgIpc) is 2.64. The van der Waals surface area contributed by atoms with Crippen LogP contribution in [0.1, 0.15) is 22.4 Å². The van der Waals surface area contributed by atoms with Crippen molar-refractivity contribution in [2.24, 2.45) is 0 Å². The van der Waals surface area contributed by atoms with Crippen molar-refractivity contribution in [3.8, 4) is 6.07 Å². The summed E-state index contributed by atoms with van der Waals surface area (Å²) in [5.41, 5.74) is 1.74. The highest BCUT2D eigenvalue weighted by Crippen LogP contribution is 2.05. The maximum atomic E-state index is 12.3. The van der Waals surface area contributed by atoms with Crippen LogP contribution in [0.5, 0.6) is 0 Å². The number of carbonyl (C=O) groups is 2. The molecule has 8 heteroatoms. The average molecular weight is 382 g/mol. The van der Waals surface area contributed by atoms with Crippen molar-refractivity contribution in [3.63, 3.8) is 0 Å². The minimum atomic E-state index is -1.14. The number of aromatic nitrogens is 1. The van der Waals surface area contributed by atoms with Gasteiger partial charge in [-0.1, -0.05) is 30.3 Å². The zero-order chi connectivity index (χ0) is 20.7. The molecule has 146 valence electrons. The molecule has 3 N–H and O–H groups in total. The number of nitrogens with one attached hydrogen (secondary N) is 2. The van der Waals surface area contributed by atoms with Crippen molar-refractivity contribution in [3.05, 3.63) is 69.1 Å². The van der Waals surface area contributed by atoms with Gasteiger partial charge in [0.05, 0.1) is 0 Å². The van der Waals surface area contributed by atoms with Gasteiger partial charge >= 0.3 is 12.0 Å². The van der Waals surface area contributed by atoms with Gasteiger partial charge in [-0.05, 0) is 31.0 Å². The fraction of sp³-hybridized carbons (Fsp3) is 0.300. The van der Waals surface area contributed by atoms with E-state index in [0.717, 1.165) is 5.56 Å². The molecule has 1 heterocycles. The molecule has 0 fully saturated rings. The second-order valence-electron chi connectivity index (χ2n) is 6.39. The molecular weight excluding hydrogens is 360 g/mol. The van der Waals surface area contributed by atoms with E-state index in [2.05, 4.69) is 10.6 Å². The number of nitriles is 1. The number of hydrogen-bond acceptors (Lipinski definition) is 4. The first-order chi connectivity index (χ1) is 13.3. The third-order valence-corrected chi connectivity index (χ3v) is 4.32. The summed E-state index contributed by atoms with van der Waals surface area (Å²) in [6.45, 7) is 3.72. The summed E-state index contributed by atoms with van der Waals surface area (Å²) < 4.78 is 1.41. The molecule has 28 heavy (non-hydrogen) atoms. The van der Waals surface area contributed by atoms with Gasteiger partial charge in [0.2, 0.25) is 0 Å². The van der Waals surface area contributed by atoms with E-state index in [9.17, 15) is 19.5 Å². The van der Waals surface area contributed by atoms with Crippen molar-refractivity contribution in [2.45, 2.75) is 32.9 Å². The predicted molar refractivity (Wildman–Crippen MR) is 103 cm³/mol. The Labute approximate surface area is 162 Å². The zero-order valence-corrected chi connectivity index (χ0v) is 15.7. The van der Waals surface area contributed by atoms with Crippen LogP contribution in [0.15, 0.2) is 41.2 Å². The van der Waals surface area contributed by atoms with Crippen LogP contribution >= 0.6 is 0 Å². The molecule has 2 amide bonds. The van der Waals surface area contributed by atoms with E-state index in [1.54, 1.807) is 44.2 Å². The molecule has 0 spiro atoms. The normalized spacial score (nSPS) is 11.3. The summed E-state index contributed by atoms with van der Waals surface area (Å²) in [5, 5.41) is 23.4. The van der Waals surface area contributed by atoms with Crippen molar-refractivity contribution >= 4 is 12.0 Å². The molecule has 0 saturated carbocycles. The van der Waals surface area contributed by atoms with Crippen LogP contribution in [-0.4, -0.2) is 34.3 Å². The Morgan fingerprint density at radius 2 is 1.93 bits per heavy atom. The van der Waals surface area contributed by atoms with Crippen molar-refractivity contribution in [2.75, 3.05) is 6.54 Å². The highest BCUT2D eigenvalue weighted by molar-refractivity contribution is 5.82. The van der Waals surface area contributed by atoms with E-state index in [1.165, 1.54) is 4.57 Å². The molecule has 0 aliphatic heterocycles. The van der Waals surface area contributed by atoms with Gasteiger partial charge in [0.1, 0.15) is 17.7 Å². The lowest BCUT2D eigenvalue weighted by molar-refractivity contribution is -0.139. The standard InChI is InChI=1S/C20H22N4O4/c1-13-10-14(2)24(18(25)16(13)12-21)9-8-22-20(28)23-17(19(26)27)11-15-6-4-3-5-7-15/h3-7,10,17H,8-9,11H2,1-2H3,(H,26,27)(H2,22,23,28)/t17-/m0/s1. The molecule has 0 aliphatic rings. The van der Waals surface area contributed by atoms with E-state index in [1.807, 2.05) is 12.1 Å². The summed E-state index contributed by atoms with van der Waals surface area (Å²) in [4.78, 5) is 35.8. The summed E-state index contributed by atoms with van der Waals surface area (Å²) >= 11 is 0. The Hall–Kier alpha value is -3.60. The molecule has 0 saturated heterocycles. The maximum Gasteiger partial charge on any atom is 0.326 e. The van der Waals surface area contributed by atoms with Crippen LogP contribution in [0.25, 0.3) is 0 Å². The van der Waals surface area contributed by atoms with E-state index >= 15 is 0 Å². The lowest BCUT2D eigenvalue weighted by Gasteiger charge is -2.16. The van der Waals surface area contributed by atoms with Gasteiger partial charge in [-0.15, -0.1) is 0 Å². The monoisotopic (exact) mass is 382 g/mol. The van der Waals surface area contributed by atoms with Crippen LogP contribution in [0.3, 0.4) is 0 Å². The Bertz CT molecular complexity index is 961. The van der Waals surface area contributed by atoms with Crippen molar-refractivity contribution in [1.82, 2.24) is 15.2 Å². The quantitative estimate of drug-likeness (QED) is 0.666. The topological polar surface area (TPSA) is 124 Å². The number of benzene rings is 1. The van der Waals surface area contributed by atoms with Gasteiger partial charge in [-0.3, -0.25) is 4.79 Å². The van der Waals surface area contributed by atoms with Crippen molar-refractivity contribution in [1.29, 1.82) is 5.26 Å². The molecule has 1 aromatic carbocycles. The number of aryl methyl sites for hydroxylation is 2. The molecule has 0 bridgehead atoms. The van der Waals surface area contributed by atoms with Crippen LogP contribution in [0.2, 0.25) is 0 Å². The van der Waals surface area contributed by atoms with E-state index in [-0.39, 0.29) is 25.1 Å². The number of carbonyl (C=O) groups excluding carboxylic acids is 1. The SMILES string of the molecule is Cc1cc(C)n(CCNC(=O)N[C@@H](Cc2ccccc2)C(=O)O)c(=O)c1C#N. The first-order valence-electron chi connectivity index (χ1n) is 8.75. The number of urea groups is 1. The number of carboxylic acids is 1. The molecule has 2 aromatic rings. The number of rotatable bonds is 7. The molecule has 8 nitrogen and oxygen atoms in total. The fourth-order valence-corrected chi connectivity index (χ4v) is 2.88. The predicted octanol–water partition coefficient (Wildman–Crippen LogP) is 1.33. The van der Waals surface area contributed by atoms with Crippen LogP contribution < -0.4 is 16.2 Å². The summed E-state index contributed by atoms with van der Waals surface area (Å²) in [5.74, 6) is -1.14. The lowest BCUT2D eigenvalue weighted by Crippen LogP contribution is -2.48. The number of hydrogen-bond donors (Lipinski definition) is 3. The second kappa shape index (κ2) is 9.37. The highest BCUT2D eigenvalue weighted by Gasteiger charge is 2.20. The fourth-order valence-electron chi connectivity index (χ4n) is 2.88. The molecule has 0 unspecified atom stereocenters. The van der Waals surface area contributed by atoms with Gasteiger partial charge in [0, 0.05) is 25.2 Å². The number of amides is 2. The highest BCUT2D eigenvalue weighted by atomic mass is 16.4. The van der Waals surface area contributed by atoms with E-state index < -0.39 is 23.6 Å². The van der Waals surface area contributed by atoms with Crippen LogP contribution in [-0.2, 0) is 17.8 Å². The van der Waals surface area contributed by atoms with Gasteiger partial charge in [0.15, 0.2) is 0 Å². The number of nitrogens with zero attached hydrogens (tertiary/aromatic N) is 2. The van der Waals surface area contributed by atoms with Crippen LogP contribution in [0.4, 0.5) is 4.79 Å². The molecule has 1 atom stereocenters. The molecule has 1 aromatic heterocycles. The smallest absolute Gasteiger partial charge is 0.326 e. The number of pyridine rings is 1. The van der Waals surface area contributed by atoms with Gasteiger partial charge < -0.3 is 20.3 Å². The summed E-state index contributed by atoms with van der Waals surface area (Å²) in [7, 11) is 0. The largest absolute Gasteiger partial charge is 0.480 e. The molecule has 0 radical (unpaired) electrons. The Morgan fingerprint density at radius 1 is 1.25 bits per heavy atom. The molecule has 0 aliphatic carbocycles. The minimum Gasteiger partial charge on any atom is -0.480 e. The van der Waals surface area contributed by atoms with Gasteiger partial charge in [-0.2, -0.15) is 5.26 Å². The van der Waals surface area contributed by atoms with Crippen LogP contribution in [0, 0.1) is 25.2 Å². The van der Waals surface area contributed by atoms with E-state index in [4.69, 9.17) is 5.26 Å². The Kier molecular flexibility index (Phi) is 6.93. The first kappa shape index (κ1) is 20.7.